The zero-order valence-corrected chi connectivity index (χ0v) is 10.2. The number of nitrogens with one attached hydrogen (secondary N) is 2. The minimum Gasteiger partial charge on any atom is -0.412 e. The zero-order valence-electron chi connectivity index (χ0n) is 10.2. The van der Waals surface area contributed by atoms with Gasteiger partial charge in [-0.3, -0.25) is 0 Å². The molecule has 0 aliphatic heterocycles. The van der Waals surface area contributed by atoms with Gasteiger partial charge >= 0.3 is 7.55 Å². The van der Waals surface area contributed by atoms with Crippen LogP contribution in [-0.4, -0.2) is 7.55 Å². The Hall–Kier alpha value is -1.90. The SMILES string of the molecule is Cc1ccc(N[B]Nc2ccc(C)cc2)cc1. The first-order valence-electron chi connectivity index (χ1n) is 5.72. The maximum atomic E-state index is 3.20. The van der Waals surface area contributed by atoms with Crippen LogP contribution in [0.3, 0.4) is 0 Å². The van der Waals surface area contributed by atoms with Gasteiger partial charge in [-0.15, -0.1) is 0 Å². The van der Waals surface area contributed by atoms with Crippen molar-refractivity contribution in [3.05, 3.63) is 59.7 Å². The number of hydrogen-bond acceptors (Lipinski definition) is 2. The molecule has 0 heterocycles. The molecule has 0 amide bonds. The molecule has 2 aromatic rings. The highest BCUT2D eigenvalue weighted by atomic mass is 14.9. The summed E-state index contributed by atoms with van der Waals surface area (Å²) >= 11 is 0. The fourth-order valence-corrected chi connectivity index (χ4v) is 1.50. The van der Waals surface area contributed by atoms with Crippen LogP contribution in [0.1, 0.15) is 11.1 Å². The van der Waals surface area contributed by atoms with Crippen molar-refractivity contribution in [2.75, 3.05) is 10.5 Å². The van der Waals surface area contributed by atoms with Gasteiger partial charge in [-0.05, 0) is 38.1 Å². The predicted molar refractivity (Wildman–Crippen MR) is 75.4 cm³/mol. The van der Waals surface area contributed by atoms with Crippen LogP contribution in [-0.2, 0) is 0 Å². The first-order chi connectivity index (χ1) is 8.24. The summed E-state index contributed by atoms with van der Waals surface area (Å²) in [6, 6.07) is 16.6. The summed E-state index contributed by atoms with van der Waals surface area (Å²) in [4.78, 5) is 0. The topological polar surface area (TPSA) is 24.1 Å². The van der Waals surface area contributed by atoms with Gasteiger partial charge in [0, 0.05) is 11.4 Å². The largest absolute Gasteiger partial charge is 0.412 e. The summed E-state index contributed by atoms with van der Waals surface area (Å²) in [5, 5.41) is 6.40. The van der Waals surface area contributed by atoms with E-state index in [0.29, 0.717) is 0 Å². The number of anilines is 2. The third-order valence-electron chi connectivity index (χ3n) is 2.58. The second-order valence-corrected chi connectivity index (χ2v) is 4.17. The highest BCUT2D eigenvalue weighted by molar-refractivity contribution is 6.44. The van der Waals surface area contributed by atoms with Crippen molar-refractivity contribution in [3.8, 4) is 0 Å². The maximum Gasteiger partial charge on any atom is 0.385 e. The molecule has 2 aromatic carbocycles. The van der Waals surface area contributed by atoms with Gasteiger partial charge in [0.05, 0.1) is 0 Å². The smallest absolute Gasteiger partial charge is 0.385 e. The number of benzene rings is 2. The molecule has 2 rings (SSSR count). The highest BCUT2D eigenvalue weighted by Gasteiger charge is 1.95. The molecule has 1 radical (unpaired) electrons. The summed E-state index contributed by atoms with van der Waals surface area (Å²) in [5.41, 5.74) is 4.69. The first-order valence-corrected chi connectivity index (χ1v) is 5.72. The molecule has 0 aliphatic rings. The second-order valence-electron chi connectivity index (χ2n) is 4.17. The van der Waals surface area contributed by atoms with E-state index in [1.54, 1.807) is 0 Å². The minimum absolute atomic E-state index is 1.08. The molecular formula is C14H16BN2. The van der Waals surface area contributed by atoms with Gasteiger partial charge in [0.15, 0.2) is 0 Å². The summed E-state index contributed by atoms with van der Waals surface area (Å²) in [6.45, 7) is 4.16. The Balaban J connectivity index is 1.83. The Bertz CT molecular complexity index is 417. The lowest BCUT2D eigenvalue weighted by Gasteiger charge is -2.07. The highest BCUT2D eigenvalue weighted by Crippen LogP contribution is 2.09. The van der Waals surface area contributed by atoms with Gasteiger partial charge < -0.3 is 10.5 Å². The van der Waals surface area contributed by atoms with E-state index in [2.05, 4.69) is 72.8 Å². The Kier molecular flexibility index (Phi) is 3.71. The van der Waals surface area contributed by atoms with Crippen molar-refractivity contribution < 1.29 is 0 Å². The van der Waals surface area contributed by atoms with Crippen LogP contribution in [0.25, 0.3) is 0 Å². The normalized spacial score (nSPS) is 9.76. The van der Waals surface area contributed by atoms with Gasteiger partial charge in [-0.25, -0.2) is 0 Å². The van der Waals surface area contributed by atoms with E-state index in [9.17, 15) is 0 Å². The molecule has 0 aromatic heterocycles. The average Bonchev–Trinajstić information content (AvgIpc) is 2.34. The van der Waals surface area contributed by atoms with Gasteiger partial charge in [0.25, 0.3) is 0 Å². The molecule has 2 N–H and O–H groups in total. The van der Waals surface area contributed by atoms with E-state index in [-0.39, 0.29) is 0 Å². The molecular weight excluding hydrogens is 207 g/mol. The van der Waals surface area contributed by atoms with Crippen LogP contribution >= 0.6 is 0 Å². The zero-order chi connectivity index (χ0) is 12.1. The van der Waals surface area contributed by atoms with E-state index in [1.165, 1.54) is 11.1 Å². The summed E-state index contributed by atoms with van der Waals surface area (Å²) < 4.78 is 0. The molecule has 0 aliphatic carbocycles. The van der Waals surface area contributed by atoms with Crippen molar-refractivity contribution in [3.63, 3.8) is 0 Å². The molecule has 2 nitrogen and oxygen atoms in total. The van der Waals surface area contributed by atoms with Crippen molar-refractivity contribution in [1.82, 2.24) is 0 Å². The predicted octanol–water partition coefficient (Wildman–Crippen LogP) is 3.36. The molecule has 0 saturated carbocycles. The van der Waals surface area contributed by atoms with Crippen LogP contribution in [0, 0.1) is 13.8 Å². The van der Waals surface area contributed by atoms with E-state index >= 15 is 0 Å². The lowest BCUT2D eigenvalue weighted by Crippen LogP contribution is -2.16. The lowest BCUT2D eigenvalue weighted by atomic mass is 10.1. The fraction of sp³-hybridized carbons (Fsp3) is 0.143. The van der Waals surface area contributed by atoms with Crippen LogP contribution in [0.2, 0.25) is 0 Å². The van der Waals surface area contributed by atoms with Gasteiger partial charge in [-0.1, -0.05) is 35.4 Å². The van der Waals surface area contributed by atoms with Crippen LogP contribution in [0.5, 0.6) is 0 Å². The number of aryl methyl sites for hydroxylation is 2. The molecule has 0 bridgehead atoms. The van der Waals surface area contributed by atoms with Crippen molar-refractivity contribution in [2.24, 2.45) is 0 Å². The summed E-state index contributed by atoms with van der Waals surface area (Å²) in [5.74, 6) is 0. The lowest BCUT2D eigenvalue weighted by molar-refractivity contribution is 1.46. The van der Waals surface area contributed by atoms with E-state index in [1.807, 2.05) is 7.55 Å². The van der Waals surface area contributed by atoms with Gasteiger partial charge in [-0.2, -0.15) is 0 Å². The molecule has 3 heteroatoms. The van der Waals surface area contributed by atoms with Gasteiger partial charge in [0.1, 0.15) is 0 Å². The maximum absolute atomic E-state index is 3.20. The third kappa shape index (κ3) is 3.56. The van der Waals surface area contributed by atoms with E-state index < -0.39 is 0 Å². The standard InChI is InChI=1S/C14H16BN2/c1-11-3-7-13(8-4-11)16-15-17-14-9-5-12(2)6-10-14/h3-10,16-17H,1-2H3. The monoisotopic (exact) mass is 223 g/mol. The first kappa shape index (κ1) is 11.6. The molecule has 85 valence electrons. The fourth-order valence-electron chi connectivity index (χ4n) is 1.50. The second kappa shape index (κ2) is 5.44. The Morgan fingerprint density at radius 2 is 1.00 bits per heavy atom. The molecule has 0 fully saturated rings. The molecule has 0 spiro atoms. The third-order valence-corrected chi connectivity index (χ3v) is 2.58. The van der Waals surface area contributed by atoms with Crippen LogP contribution < -0.4 is 10.5 Å². The van der Waals surface area contributed by atoms with Crippen molar-refractivity contribution >= 4 is 18.9 Å². The number of hydrogen-bond donors (Lipinski definition) is 2. The Labute approximate surface area is 103 Å². The van der Waals surface area contributed by atoms with Crippen LogP contribution in [0.15, 0.2) is 48.5 Å². The molecule has 0 unspecified atom stereocenters. The minimum atomic E-state index is 1.08. The van der Waals surface area contributed by atoms with Crippen molar-refractivity contribution in [2.45, 2.75) is 13.8 Å². The average molecular weight is 223 g/mol. The van der Waals surface area contributed by atoms with E-state index in [4.69, 9.17) is 0 Å². The summed E-state index contributed by atoms with van der Waals surface area (Å²) in [7, 11) is 1.84. The molecule has 0 atom stereocenters. The Morgan fingerprint density at radius 3 is 1.35 bits per heavy atom. The summed E-state index contributed by atoms with van der Waals surface area (Å²) in [6.07, 6.45) is 0. The Morgan fingerprint density at radius 1 is 0.647 bits per heavy atom. The van der Waals surface area contributed by atoms with Gasteiger partial charge in [0.2, 0.25) is 0 Å². The van der Waals surface area contributed by atoms with Crippen LogP contribution in [0.4, 0.5) is 11.4 Å². The molecule has 0 saturated heterocycles. The number of rotatable bonds is 4. The quantitative estimate of drug-likeness (QED) is 0.776. The van der Waals surface area contributed by atoms with E-state index in [0.717, 1.165) is 11.4 Å². The van der Waals surface area contributed by atoms with Crippen molar-refractivity contribution in [1.29, 1.82) is 0 Å². The molecule has 17 heavy (non-hydrogen) atoms.